The normalized spacial score (nSPS) is 32.4. The van der Waals surface area contributed by atoms with Crippen LogP contribution in [0.5, 0.6) is 0 Å². The quantitative estimate of drug-likeness (QED) is 0.822. The molecule has 0 aromatic rings. The van der Waals surface area contributed by atoms with Crippen molar-refractivity contribution in [2.75, 3.05) is 13.7 Å². The molecule has 1 aliphatic heterocycles. The molecule has 6 heteroatoms. The van der Waals surface area contributed by atoms with Gasteiger partial charge in [-0.2, -0.15) is 0 Å². The van der Waals surface area contributed by atoms with Crippen LogP contribution in [0.3, 0.4) is 0 Å². The summed E-state index contributed by atoms with van der Waals surface area (Å²) in [5.74, 6) is -0.966. The summed E-state index contributed by atoms with van der Waals surface area (Å²) in [7, 11) is 1.55. The molecule has 0 bridgehead atoms. The smallest absolute Gasteiger partial charge is 0.326 e. The topological polar surface area (TPSA) is 78.9 Å². The maximum absolute atomic E-state index is 12.3. The van der Waals surface area contributed by atoms with Gasteiger partial charge in [-0.25, -0.2) is 9.59 Å². The Labute approximate surface area is 119 Å². The van der Waals surface area contributed by atoms with Gasteiger partial charge in [0.1, 0.15) is 6.04 Å². The summed E-state index contributed by atoms with van der Waals surface area (Å²) in [4.78, 5) is 24.9. The molecule has 6 nitrogen and oxygen atoms in total. The number of carboxylic acid groups (broad SMARTS) is 1. The first-order chi connectivity index (χ1) is 9.32. The highest BCUT2D eigenvalue weighted by atomic mass is 16.5. The molecule has 3 atom stereocenters. The van der Waals surface area contributed by atoms with Crippen molar-refractivity contribution in [1.29, 1.82) is 0 Å². The van der Waals surface area contributed by atoms with Crippen LogP contribution >= 0.6 is 0 Å². The second-order valence-electron chi connectivity index (χ2n) is 6.65. The van der Waals surface area contributed by atoms with E-state index >= 15 is 0 Å². The Bertz CT molecular complexity index is 397. The van der Waals surface area contributed by atoms with E-state index < -0.39 is 12.0 Å². The molecule has 2 fully saturated rings. The van der Waals surface area contributed by atoms with Crippen LogP contribution in [-0.2, 0) is 9.53 Å². The van der Waals surface area contributed by atoms with Gasteiger partial charge in [0, 0.05) is 26.1 Å². The van der Waals surface area contributed by atoms with Crippen LogP contribution < -0.4 is 5.32 Å². The fourth-order valence-electron chi connectivity index (χ4n) is 3.24. The molecule has 2 aliphatic rings. The molecule has 1 heterocycles. The third-order valence-corrected chi connectivity index (χ3v) is 4.44. The zero-order valence-corrected chi connectivity index (χ0v) is 12.4. The second-order valence-corrected chi connectivity index (χ2v) is 6.65. The van der Waals surface area contributed by atoms with Crippen molar-refractivity contribution in [1.82, 2.24) is 10.2 Å². The number of carbonyl (C=O) groups excluding carboxylic acids is 1. The molecule has 1 aliphatic carbocycles. The van der Waals surface area contributed by atoms with E-state index in [0.29, 0.717) is 13.0 Å². The molecule has 0 radical (unpaired) electrons. The van der Waals surface area contributed by atoms with Crippen LogP contribution in [0.4, 0.5) is 4.79 Å². The van der Waals surface area contributed by atoms with E-state index in [9.17, 15) is 14.7 Å². The third kappa shape index (κ3) is 3.23. The summed E-state index contributed by atoms with van der Waals surface area (Å²) in [6.45, 7) is 4.72. The maximum atomic E-state index is 12.3. The summed E-state index contributed by atoms with van der Waals surface area (Å²) in [6, 6.07) is -0.914. The number of carbonyl (C=O) groups is 2. The van der Waals surface area contributed by atoms with Crippen LogP contribution in [-0.4, -0.2) is 53.8 Å². The Morgan fingerprint density at radius 1 is 1.40 bits per heavy atom. The van der Waals surface area contributed by atoms with Gasteiger partial charge < -0.3 is 20.1 Å². The molecule has 0 spiro atoms. The monoisotopic (exact) mass is 284 g/mol. The number of nitrogens with zero attached hydrogens (tertiary/aromatic N) is 1. The molecule has 1 saturated heterocycles. The van der Waals surface area contributed by atoms with Gasteiger partial charge in [-0.3, -0.25) is 0 Å². The minimum atomic E-state index is -0.966. The number of hydrogen-bond donors (Lipinski definition) is 2. The highest BCUT2D eigenvalue weighted by Crippen LogP contribution is 2.37. The lowest BCUT2D eigenvalue weighted by atomic mass is 9.92. The van der Waals surface area contributed by atoms with E-state index in [1.54, 1.807) is 7.11 Å². The number of hydrogen-bond acceptors (Lipinski definition) is 3. The lowest BCUT2D eigenvalue weighted by molar-refractivity contribution is -0.141. The number of urea groups is 1. The van der Waals surface area contributed by atoms with Gasteiger partial charge in [0.25, 0.3) is 0 Å². The molecule has 3 unspecified atom stereocenters. The summed E-state index contributed by atoms with van der Waals surface area (Å²) in [5, 5.41) is 12.2. The Morgan fingerprint density at radius 3 is 2.60 bits per heavy atom. The summed E-state index contributed by atoms with van der Waals surface area (Å²) < 4.78 is 5.19. The van der Waals surface area contributed by atoms with Crippen LogP contribution in [0.2, 0.25) is 0 Å². The average Bonchev–Trinajstić information content (AvgIpc) is 2.92. The Hall–Kier alpha value is -1.30. The van der Waals surface area contributed by atoms with Gasteiger partial charge >= 0.3 is 12.0 Å². The van der Waals surface area contributed by atoms with Crippen molar-refractivity contribution in [3.63, 3.8) is 0 Å². The molecule has 2 N–H and O–H groups in total. The highest BCUT2D eigenvalue weighted by Gasteiger charge is 2.41. The molecular formula is C14H24N2O4. The number of carboxylic acids is 1. The van der Waals surface area contributed by atoms with Crippen molar-refractivity contribution in [2.24, 2.45) is 5.41 Å². The first kappa shape index (κ1) is 15.1. The maximum Gasteiger partial charge on any atom is 0.326 e. The number of amides is 2. The van der Waals surface area contributed by atoms with Crippen molar-refractivity contribution < 1.29 is 19.4 Å². The van der Waals surface area contributed by atoms with E-state index in [1.165, 1.54) is 4.90 Å². The van der Waals surface area contributed by atoms with Gasteiger partial charge in [0.05, 0.1) is 6.10 Å². The largest absolute Gasteiger partial charge is 0.480 e. The summed E-state index contributed by atoms with van der Waals surface area (Å²) in [6.07, 6.45) is 3.15. The number of likely N-dealkylation sites (tertiary alicyclic amines) is 1. The number of aliphatic carboxylic acids is 1. The third-order valence-electron chi connectivity index (χ3n) is 4.44. The van der Waals surface area contributed by atoms with Crippen molar-refractivity contribution >= 4 is 12.0 Å². The molecule has 1 saturated carbocycles. The zero-order chi connectivity index (χ0) is 14.9. The van der Waals surface area contributed by atoms with Crippen LogP contribution in [0.15, 0.2) is 0 Å². The molecule has 114 valence electrons. The molecular weight excluding hydrogens is 260 g/mol. The Kier molecular flexibility index (Phi) is 4.22. The van der Waals surface area contributed by atoms with Gasteiger partial charge in [-0.15, -0.1) is 0 Å². The molecule has 0 aromatic heterocycles. The molecule has 0 aromatic carbocycles. The second kappa shape index (κ2) is 5.60. The summed E-state index contributed by atoms with van der Waals surface area (Å²) >= 11 is 0. The molecule has 20 heavy (non-hydrogen) atoms. The minimum absolute atomic E-state index is 0.147. The van der Waals surface area contributed by atoms with E-state index in [1.807, 2.05) is 0 Å². The van der Waals surface area contributed by atoms with E-state index in [2.05, 4.69) is 19.2 Å². The fourth-order valence-corrected chi connectivity index (χ4v) is 3.24. The van der Waals surface area contributed by atoms with E-state index in [-0.39, 0.29) is 23.6 Å². The number of methoxy groups -OCH3 is 1. The van der Waals surface area contributed by atoms with Crippen molar-refractivity contribution in [3.05, 3.63) is 0 Å². The lowest BCUT2D eigenvalue weighted by Gasteiger charge is -2.24. The Morgan fingerprint density at radius 2 is 2.10 bits per heavy atom. The molecule has 2 amide bonds. The fraction of sp³-hybridized carbons (Fsp3) is 0.857. The predicted octanol–water partition coefficient (Wildman–Crippen LogP) is 1.45. The van der Waals surface area contributed by atoms with Crippen molar-refractivity contribution in [3.8, 4) is 0 Å². The average molecular weight is 284 g/mol. The Balaban J connectivity index is 1.96. The number of nitrogens with one attached hydrogen (secondary N) is 1. The van der Waals surface area contributed by atoms with Crippen LogP contribution in [0.25, 0.3) is 0 Å². The van der Waals surface area contributed by atoms with Gasteiger partial charge in [-0.05, 0) is 24.7 Å². The number of ether oxygens (including phenoxy) is 1. The summed E-state index contributed by atoms with van der Waals surface area (Å²) in [5.41, 5.74) is 0.254. The highest BCUT2D eigenvalue weighted by molar-refractivity contribution is 5.83. The van der Waals surface area contributed by atoms with Gasteiger partial charge in [0.2, 0.25) is 0 Å². The molecule has 2 rings (SSSR count). The SMILES string of the molecule is COC1CC(C(=O)O)N(C(=O)NC2CCC(C)(C)C2)C1. The first-order valence-electron chi connectivity index (χ1n) is 7.15. The number of rotatable bonds is 3. The standard InChI is InChI=1S/C14H24N2O4/c1-14(2)5-4-9(7-14)15-13(19)16-8-10(20-3)6-11(16)12(17)18/h9-11H,4-8H2,1-3H3,(H,15,19)(H,17,18). The van der Waals surface area contributed by atoms with E-state index in [4.69, 9.17) is 4.74 Å². The zero-order valence-electron chi connectivity index (χ0n) is 12.4. The van der Waals surface area contributed by atoms with Crippen LogP contribution in [0, 0.1) is 5.41 Å². The first-order valence-corrected chi connectivity index (χ1v) is 7.15. The van der Waals surface area contributed by atoms with Gasteiger partial charge in [0.15, 0.2) is 0 Å². The van der Waals surface area contributed by atoms with Crippen molar-refractivity contribution in [2.45, 2.75) is 57.7 Å². The van der Waals surface area contributed by atoms with E-state index in [0.717, 1.165) is 19.3 Å². The van der Waals surface area contributed by atoms with Crippen LogP contribution in [0.1, 0.15) is 39.5 Å². The predicted molar refractivity (Wildman–Crippen MR) is 73.5 cm³/mol. The van der Waals surface area contributed by atoms with Gasteiger partial charge in [-0.1, -0.05) is 13.8 Å². The lowest BCUT2D eigenvalue weighted by Crippen LogP contribution is -2.48. The minimum Gasteiger partial charge on any atom is -0.480 e.